The maximum Gasteiger partial charge on any atom is 0.238 e. The second kappa shape index (κ2) is 6.25. The van der Waals surface area contributed by atoms with Crippen molar-refractivity contribution in [3.8, 4) is 0 Å². The van der Waals surface area contributed by atoms with Gasteiger partial charge in [0.05, 0.1) is 4.90 Å². The summed E-state index contributed by atoms with van der Waals surface area (Å²) in [6, 6.07) is 9.64. The lowest BCUT2D eigenvalue weighted by molar-refractivity contribution is -0.120. The third kappa shape index (κ3) is 3.41. The average Bonchev–Trinajstić information content (AvgIpc) is 3.13. The fraction of sp³-hybridized carbons (Fsp3) is 0.316. The van der Waals surface area contributed by atoms with E-state index in [-0.39, 0.29) is 34.4 Å². The molecule has 1 aliphatic rings. The molecule has 4 nitrogen and oxygen atoms in total. The van der Waals surface area contributed by atoms with Gasteiger partial charge in [0.25, 0.3) is 0 Å². The first kappa shape index (κ1) is 18.7. The van der Waals surface area contributed by atoms with Crippen LogP contribution in [0.1, 0.15) is 30.9 Å². The molecule has 0 aliphatic heterocycles. The van der Waals surface area contributed by atoms with E-state index in [2.05, 4.69) is 0 Å². The van der Waals surface area contributed by atoms with Gasteiger partial charge in [-0.15, -0.1) is 0 Å². The normalized spacial score (nSPS) is 21.4. The van der Waals surface area contributed by atoms with E-state index >= 15 is 0 Å². The molecule has 26 heavy (non-hydrogen) atoms. The number of sulfonamides is 1. The van der Waals surface area contributed by atoms with Crippen LogP contribution in [0, 0.1) is 23.0 Å². The molecule has 0 spiro atoms. The predicted octanol–water partition coefficient (Wildman–Crippen LogP) is 3.16. The van der Waals surface area contributed by atoms with Crippen LogP contribution in [0.2, 0.25) is 0 Å². The molecule has 3 rings (SSSR count). The molecule has 2 aromatic carbocycles. The minimum absolute atomic E-state index is 0.0179. The maximum atomic E-state index is 13.3. The maximum absolute atomic E-state index is 13.3. The van der Waals surface area contributed by atoms with Gasteiger partial charge in [-0.05, 0) is 46.7 Å². The summed E-state index contributed by atoms with van der Waals surface area (Å²) >= 11 is 0. The summed E-state index contributed by atoms with van der Waals surface area (Å²) in [6.45, 7) is 3.91. The van der Waals surface area contributed by atoms with E-state index in [1.165, 1.54) is 18.2 Å². The first-order chi connectivity index (χ1) is 12.0. The van der Waals surface area contributed by atoms with Crippen molar-refractivity contribution in [1.82, 2.24) is 0 Å². The molecule has 0 aromatic heterocycles. The van der Waals surface area contributed by atoms with Gasteiger partial charge >= 0.3 is 0 Å². The summed E-state index contributed by atoms with van der Waals surface area (Å²) in [7, 11) is -3.76. The quantitative estimate of drug-likeness (QED) is 0.867. The Hall–Kier alpha value is -2.12. The first-order valence-corrected chi connectivity index (χ1v) is 9.66. The van der Waals surface area contributed by atoms with Gasteiger partial charge in [0.2, 0.25) is 10.0 Å². The zero-order valence-corrected chi connectivity index (χ0v) is 15.2. The van der Waals surface area contributed by atoms with Crippen molar-refractivity contribution in [2.75, 3.05) is 0 Å². The van der Waals surface area contributed by atoms with Crippen LogP contribution in [0.4, 0.5) is 8.78 Å². The van der Waals surface area contributed by atoms with E-state index in [1.807, 2.05) is 13.8 Å². The molecule has 2 N–H and O–H groups in total. The van der Waals surface area contributed by atoms with E-state index in [0.29, 0.717) is 5.56 Å². The summed E-state index contributed by atoms with van der Waals surface area (Å²) in [4.78, 5) is 12.7. The number of hydrogen-bond donors (Lipinski definition) is 1. The lowest BCUT2D eigenvalue weighted by atomic mass is 10.0. The monoisotopic (exact) mass is 379 g/mol. The minimum atomic E-state index is -3.76. The van der Waals surface area contributed by atoms with Gasteiger partial charge in [0.15, 0.2) is 11.6 Å². The zero-order chi connectivity index (χ0) is 19.3. The molecule has 2 aromatic rings. The highest BCUT2D eigenvalue weighted by Crippen LogP contribution is 2.64. The Labute approximate surface area is 151 Å². The molecule has 138 valence electrons. The summed E-state index contributed by atoms with van der Waals surface area (Å²) in [6.07, 6.45) is 0.0249. The molecule has 1 aliphatic carbocycles. The van der Waals surface area contributed by atoms with Crippen LogP contribution in [0.5, 0.6) is 0 Å². The molecule has 0 unspecified atom stereocenters. The number of rotatable bonds is 5. The number of Topliss-reactive ketones (excluding diaryl/α,β-unsaturated/α-hetero) is 1. The Balaban J connectivity index is 1.78. The van der Waals surface area contributed by atoms with Crippen LogP contribution in [0.25, 0.3) is 0 Å². The number of carbonyl (C=O) groups excluding carboxylic acids is 1. The van der Waals surface area contributed by atoms with Gasteiger partial charge in [0, 0.05) is 12.3 Å². The van der Waals surface area contributed by atoms with E-state index < -0.39 is 21.7 Å². The van der Waals surface area contributed by atoms with Crippen molar-refractivity contribution < 1.29 is 22.0 Å². The largest absolute Gasteiger partial charge is 0.299 e. The Morgan fingerprint density at radius 1 is 1.08 bits per heavy atom. The molecular formula is C19H19F2NO3S. The highest BCUT2D eigenvalue weighted by molar-refractivity contribution is 7.89. The van der Waals surface area contributed by atoms with Crippen LogP contribution in [-0.2, 0) is 21.2 Å². The van der Waals surface area contributed by atoms with Gasteiger partial charge in [-0.3, -0.25) is 4.79 Å². The van der Waals surface area contributed by atoms with Crippen LogP contribution >= 0.6 is 0 Å². The van der Waals surface area contributed by atoms with Crippen LogP contribution in [0.15, 0.2) is 47.4 Å². The molecule has 0 bridgehead atoms. The smallest absolute Gasteiger partial charge is 0.238 e. The highest BCUT2D eigenvalue weighted by Gasteiger charge is 2.61. The molecule has 0 radical (unpaired) electrons. The zero-order valence-electron chi connectivity index (χ0n) is 14.4. The lowest BCUT2D eigenvalue weighted by Gasteiger charge is -2.04. The van der Waals surface area contributed by atoms with Gasteiger partial charge in [-0.25, -0.2) is 22.3 Å². The van der Waals surface area contributed by atoms with E-state index in [9.17, 15) is 22.0 Å². The lowest BCUT2D eigenvalue weighted by Crippen LogP contribution is -2.12. The SMILES string of the molecule is CC1(C)[C@H](C(=O)Cc2ccc(F)c(F)c2)[C@H]1c1ccc(S(N)(=O)=O)cc1. The van der Waals surface area contributed by atoms with Crippen molar-refractivity contribution >= 4 is 15.8 Å². The Kier molecular flexibility index (Phi) is 4.48. The van der Waals surface area contributed by atoms with Crippen molar-refractivity contribution in [2.24, 2.45) is 16.5 Å². The van der Waals surface area contributed by atoms with Gasteiger partial charge in [-0.2, -0.15) is 0 Å². The summed E-state index contributed by atoms with van der Waals surface area (Å²) in [5.41, 5.74) is 0.990. The predicted molar refractivity (Wildman–Crippen MR) is 92.9 cm³/mol. The van der Waals surface area contributed by atoms with Crippen molar-refractivity contribution in [3.63, 3.8) is 0 Å². The summed E-state index contributed by atoms with van der Waals surface area (Å²) < 4.78 is 49.0. The average molecular weight is 379 g/mol. The number of halogens is 2. The van der Waals surface area contributed by atoms with Crippen molar-refractivity contribution in [2.45, 2.75) is 31.1 Å². The molecule has 0 saturated heterocycles. The topological polar surface area (TPSA) is 77.2 Å². The Morgan fingerprint density at radius 3 is 2.23 bits per heavy atom. The Morgan fingerprint density at radius 2 is 1.69 bits per heavy atom. The summed E-state index contributed by atoms with van der Waals surface area (Å²) in [5, 5.41) is 5.10. The fourth-order valence-electron chi connectivity index (χ4n) is 3.69. The van der Waals surface area contributed by atoms with Crippen molar-refractivity contribution in [3.05, 3.63) is 65.2 Å². The molecule has 1 saturated carbocycles. The van der Waals surface area contributed by atoms with Crippen LogP contribution < -0.4 is 5.14 Å². The number of nitrogens with two attached hydrogens (primary N) is 1. The standard InChI is InChI=1S/C19H19F2NO3S/c1-19(2)17(12-4-6-13(7-5-12)26(22,24)25)18(19)16(23)10-11-3-8-14(20)15(21)9-11/h3-9,17-18H,10H2,1-2H3,(H2,22,24,25)/t17-,18-/m1/s1. The minimum Gasteiger partial charge on any atom is -0.299 e. The van der Waals surface area contributed by atoms with E-state index in [1.54, 1.807) is 12.1 Å². The van der Waals surface area contributed by atoms with Crippen LogP contribution in [0.3, 0.4) is 0 Å². The molecular weight excluding hydrogens is 360 g/mol. The second-order valence-corrected chi connectivity index (χ2v) is 8.84. The molecule has 1 fully saturated rings. The number of primary sulfonamides is 1. The van der Waals surface area contributed by atoms with Crippen molar-refractivity contribution in [1.29, 1.82) is 0 Å². The third-order valence-corrected chi connectivity index (χ3v) is 6.03. The van der Waals surface area contributed by atoms with Crippen LogP contribution in [-0.4, -0.2) is 14.2 Å². The highest BCUT2D eigenvalue weighted by atomic mass is 32.2. The number of ketones is 1. The molecule has 0 amide bonds. The molecule has 2 atom stereocenters. The number of carbonyl (C=O) groups is 1. The fourth-order valence-corrected chi connectivity index (χ4v) is 4.20. The van der Waals surface area contributed by atoms with E-state index in [0.717, 1.165) is 17.7 Å². The third-order valence-electron chi connectivity index (χ3n) is 5.10. The molecule has 7 heteroatoms. The van der Waals surface area contributed by atoms with Gasteiger partial charge in [-0.1, -0.05) is 32.0 Å². The number of benzene rings is 2. The number of hydrogen-bond acceptors (Lipinski definition) is 3. The van der Waals surface area contributed by atoms with Gasteiger partial charge < -0.3 is 0 Å². The summed E-state index contributed by atoms with van der Waals surface area (Å²) in [5.74, 6) is -2.30. The molecule has 0 heterocycles. The first-order valence-electron chi connectivity index (χ1n) is 8.11. The van der Waals surface area contributed by atoms with Gasteiger partial charge in [0.1, 0.15) is 5.78 Å². The van der Waals surface area contributed by atoms with E-state index in [4.69, 9.17) is 5.14 Å². The second-order valence-electron chi connectivity index (χ2n) is 7.28. The Bertz CT molecular complexity index is 969.